The minimum Gasteiger partial charge on any atom is -0.372 e. The highest BCUT2D eigenvalue weighted by Crippen LogP contribution is 2.55. The molecule has 2 aromatic carbocycles. The molecule has 2 nitrogen and oxygen atoms in total. The van der Waals surface area contributed by atoms with Crippen molar-refractivity contribution < 1.29 is 4.79 Å². The van der Waals surface area contributed by atoms with Crippen molar-refractivity contribution in [3.8, 4) is 11.1 Å². The van der Waals surface area contributed by atoms with Crippen LogP contribution < -0.4 is 4.90 Å². The molecule has 0 N–H and O–H groups in total. The normalized spacial score (nSPS) is 17.1. The van der Waals surface area contributed by atoms with Crippen LogP contribution in [0.4, 0.5) is 5.69 Å². The summed E-state index contributed by atoms with van der Waals surface area (Å²) >= 11 is 0. The Morgan fingerprint density at radius 1 is 0.862 bits per heavy atom. The molecule has 154 valence electrons. The van der Waals surface area contributed by atoms with E-state index in [2.05, 4.69) is 49.1 Å². The lowest BCUT2D eigenvalue weighted by molar-refractivity contribution is 0.112. The van der Waals surface area contributed by atoms with Crippen LogP contribution in [0.1, 0.15) is 93.1 Å². The molecule has 4 rings (SSSR count). The average molecular weight is 390 g/mol. The molecule has 0 saturated carbocycles. The number of rotatable bonds is 8. The van der Waals surface area contributed by atoms with Gasteiger partial charge in [0.15, 0.2) is 0 Å². The number of aldehydes is 1. The van der Waals surface area contributed by atoms with Crippen LogP contribution >= 0.6 is 0 Å². The van der Waals surface area contributed by atoms with Gasteiger partial charge in [-0.2, -0.15) is 0 Å². The number of nitrogens with zero attached hydrogens (tertiary/aromatic N) is 1. The molecule has 0 radical (unpaired) electrons. The summed E-state index contributed by atoms with van der Waals surface area (Å²) in [6.45, 7) is 6.93. The number of unbranched alkanes of at least 4 members (excludes halogenated alkanes) is 2. The number of carbonyl (C=O) groups excluding carboxylic acids is 1. The van der Waals surface area contributed by atoms with Crippen molar-refractivity contribution in [1.29, 1.82) is 0 Å². The Hall–Kier alpha value is -2.09. The molecule has 0 atom stereocenters. The third kappa shape index (κ3) is 3.63. The van der Waals surface area contributed by atoms with E-state index >= 15 is 0 Å². The number of benzene rings is 2. The third-order valence-electron chi connectivity index (χ3n) is 7.14. The first kappa shape index (κ1) is 20.2. The van der Waals surface area contributed by atoms with Crippen molar-refractivity contribution in [2.75, 3.05) is 18.0 Å². The molecule has 0 amide bonds. The lowest BCUT2D eigenvalue weighted by atomic mass is 9.70. The summed E-state index contributed by atoms with van der Waals surface area (Å²) < 4.78 is 0. The fourth-order valence-electron chi connectivity index (χ4n) is 5.54. The van der Waals surface area contributed by atoms with Crippen molar-refractivity contribution >= 4 is 12.0 Å². The minimum atomic E-state index is 0.0570. The highest BCUT2D eigenvalue weighted by Gasteiger charge is 2.42. The van der Waals surface area contributed by atoms with E-state index in [0.717, 1.165) is 11.8 Å². The van der Waals surface area contributed by atoms with Crippen LogP contribution in [0.3, 0.4) is 0 Å². The van der Waals surface area contributed by atoms with Gasteiger partial charge in [0.1, 0.15) is 6.29 Å². The van der Waals surface area contributed by atoms with Gasteiger partial charge in [0.2, 0.25) is 0 Å². The number of anilines is 1. The molecular weight excluding hydrogens is 354 g/mol. The molecule has 2 heteroatoms. The standard InChI is InChI=1S/C27H35NO/c1-3-5-14-27(15-6-4-2)25-18-21(20-29)10-12-23(25)24-13-11-22(19-26(24)27)28-16-8-7-9-17-28/h10-13,18-20H,3-9,14-17H2,1-2H3. The van der Waals surface area contributed by atoms with Crippen LogP contribution in [-0.2, 0) is 5.41 Å². The first-order valence-electron chi connectivity index (χ1n) is 11.7. The summed E-state index contributed by atoms with van der Waals surface area (Å²) in [4.78, 5) is 14.1. The average Bonchev–Trinajstić information content (AvgIpc) is 3.05. The van der Waals surface area contributed by atoms with Crippen LogP contribution in [-0.4, -0.2) is 19.4 Å². The molecule has 29 heavy (non-hydrogen) atoms. The molecule has 0 spiro atoms. The van der Waals surface area contributed by atoms with E-state index in [-0.39, 0.29) is 5.41 Å². The van der Waals surface area contributed by atoms with E-state index in [1.54, 1.807) is 0 Å². The summed E-state index contributed by atoms with van der Waals surface area (Å²) in [5.41, 5.74) is 7.92. The molecule has 0 bridgehead atoms. The fraction of sp³-hybridized carbons (Fsp3) is 0.519. The van der Waals surface area contributed by atoms with Gasteiger partial charge in [-0.15, -0.1) is 0 Å². The van der Waals surface area contributed by atoms with Crippen LogP contribution in [0.5, 0.6) is 0 Å². The molecule has 0 aromatic heterocycles. The summed E-state index contributed by atoms with van der Waals surface area (Å²) in [6, 6.07) is 13.6. The predicted molar refractivity (Wildman–Crippen MR) is 123 cm³/mol. The zero-order valence-electron chi connectivity index (χ0n) is 18.2. The highest BCUT2D eigenvalue weighted by molar-refractivity contribution is 5.86. The Bertz CT molecular complexity index is 855. The topological polar surface area (TPSA) is 20.3 Å². The molecular formula is C27H35NO. The smallest absolute Gasteiger partial charge is 0.150 e. The van der Waals surface area contributed by atoms with Crippen molar-refractivity contribution in [3.63, 3.8) is 0 Å². The number of piperidine rings is 1. The number of fused-ring (bicyclic) bond motifs is 3. The minimum absolute atomic E-state index is 0.0570. The lowest BCUT2D eigenvalue weighted by Gasteiger charge is -2.34. The number of hydrogen-bond acceptors (Lipinski definition) is 2. The summed E-state index contributed by atoms with van der Waals surface area (Å²) in [6.07, 6.45) is 12.2. The Balaban J connectivity index is 1.86. The maximum absolute atomic E-state index is 11.6. The third-order valence-corrected chi connectivity index (χ3v) is 7.14. The van der Waals surface area contributed by atoms with Gasteiger partial charge >= 0.3 is 0 Å². The summed E-state index contributed by atoms with van der Waals surface area (Å²) in [5.74, 6) is 0. The molecule has 2 aliphatic rings. The Morgan fingerprint density at radius 3 is 2.10 bits per heavy atom. The van der Waals surface area contributed by atoms with Gasteiger partial charge in [-0.3, -0.25) is 4.79 Å². The van der Waals surface area contributed by atoms with Gasteiger partial charge in [-0.05, 0) is 72.6 Å². The molecule has 1 saturated heterocycles. The summed E-state index contributed by atoms with van der Waals surface area (Å²) in [5, 5.41) is 0. The monoisotopic (exact) mass is 389 g/mol. The summed E-state index contributed by atoms with van der Waals surface area (Å²) in [7, 11) is 0. The molecule has 2 aromatic rings. The second-order valence-corrected chi connectivity index (χ2v) is 8.99. The quantitative estimate of drug-likeness (QED) is 0.447. The van der Waals surface area contributed by atoms with E-state index in [9.17, 15) is 4.79 Å². The highest BCUT2D eigenvalue weighted by atomic mass is 16.1. The van der Waals surface area contributed by atoms with Crippen LogP contribution in [0.25, 0.3) is 11.1 Å². The largest absolute Gasteiger partial charge is 0.372 e. The molecule has 1 fully saturated rings. The SMILES string of the molecule is CCCCC1(CCCC)c2cc(C=O)ccc2-c2ccc(N3CCCCC3)cc21. The zero-order valence-corrected chi connectivity index (χ0v) is 18.2. The fourth-order valence-corrected chi connectivity index (χ4v) is 5.54. The molecule has 1 aliphatic carbocycles. The Labute approximate surface area is 176 Å². The number of carbonyl (C=O) groups is 1. The van der Waals surface area contributed by atoms with E-state index in [0.29, 0.717) is 0 Å². The van der Waals surface area contributed by atoms with E-state index < -0.39 is 0 Å². The van der Waals surface area contributed by atoms with Gasteiger partial charge in [0.25, 0.3) is 0 Å². The maximum atomic E-state index is 11.6. The zero-order chi connectivity index (χ0) is 20.3. The van der Waals surface area contributed by atoms with Gasteiger partial charge < -0.3 is 4.90 Å². The predicted octanol–water partition coefficient (Wildman–Crippen LogP) is 7.14. The van der Waals surface area contributed by atoms with Gasteiger partial charge in [-0.25, -0.2) is 0 Å². The maximum Gasteiger partial charge on any atom is 0.150 e. The Kier molecular flexibility index (Phi) is 6.08. The first-order valence-corrected chi connectivity index (χ1v) is 11.7. The van der Waals surface area contributed by atoms with Gasteiger partial charge in [-0.1, -0.05) is 57.7 Å². The Morgan fingerprint density at radius 2 is 1.48 bits per heavy atom. The lowest BCUT2D eigenvalue weighted by Crippen LogP contribution is -2.30. The van der Waals surface area contributed by atoms with Crippen LogP contribution in [0.2, 0.25) is 0 Å². The van der Waals surface area contributed by atoms with Crippen molar-refractivity contribution in [2.24, 2.45) is 0 Å². The first-order chi connectivity index (χ1) is 14.2. The number of hydrogen-bond donors (Lipinski definition) is 0. The van der Waals surface area contributed by atoms with E-state index in [4.69, 9.17) is 0 Å². The second-order valence-electron chi connectivity index (χ2n) is 8.99. The van der Waals surface area contributed by atoms with Crippen molar-refractivity contribution in [3.05, 3.63) is 53.1 Å². The van der Waals surface area contributed by atoms with Gasteiger partial charge in [0, 0.05) is 29.8 Å². The van der Waals surface area contributed by atoms with E-state index in [1.165, 1.54) is 98.8 Å². The van der Waals surface area contributed by atoms with Crippen LogP contribution in [0, 0.1) is 0 Å². The second kappa shape index (κ2) is 8.73. The molecule has 1 heterocycles. The van der Waals surface area contributed by atoms with Gasteiger partial charge in [0.05, 0.1) is 0 Å². The molecule has 0 unspecified atom stereocenters. The van der Waals surface area contributed by atoms with Crippen molar-refractivity contribution in [1.82, 2.24) is 0 Å². The van der Waals surface area contributed by atoms with E-state index in [1.807, 2.05) is 6.07 Å². The van der Waals surface area contributed by atoms with Crippen LogP contribution in [0.15, 0.2) is 36.4 Å². The molecule has 1 aliphatic heterocycles. The van der Waals surface area contributed by atoms with Crippen molar-refractivity contribution in [2.45, 2.75) is 77.0 Å².